The number of rotatable bonds is 3. The maximum atomic E-state index is 14.8. The number of benzene rings is 1. The Morgan fingerprint density at radius 2 is 2.38 bits per heavy atom. The highest BCUT2D eigenvalue weighted by Crippen LogP contribution is 2.37. The normalized spacial score (nSPS) is 24.3. The fourth-order valence-electron chi connectivity index (χ4n) is 2.36. The summed E-state index contributed by atoms with van der Waals surface area (Å²) in [6, 6.07) is 7.57. The van der Waals surface area contributed by atoms with Crippen LogP contribution in [-0.4, -0.2) is 13.1 Å². The van der Waals surface area contributed by atoms with Crippen LogP contribution >= 0.6 is 0 Å². The van der Waals surface area contributed by atoms with Crippen LogP contribution in [-0.2, 0) is 12.2 Å². The molecule has 0 aromatic heterocycles. The predicted octanol–water partition coefficient (Wildman–Crippen LogP) is 1.94. The van der Waals surface area contributed by atoms with Gasteiger partial charge in [0.2, 0.25) is 0 Å². The van der Waals surface area contributed by atoms with Crippen LogP contribution in [0.1, 0.15) is 24.5 Å². The molecule has 0 radical (unpaired) electrons. The smallest absolute Gasteiger partial charge is 0.137 e. The molecule has 1 fully saturated rings. The first-order valence-corrected chi connectivity index (χ1v) is 5.83. The van der Waals surface area contributed by atoms with E-state index in [1.54, 1.807) is 6.92 Å². The van der Waals surface area contributed by atoms with E-state index < -0.39 is 5.67 Å². The summed E-state index contributed by atoms with van der Waals surface area (Å²) in [6.45, 7) is 3.83. The molecule has 3 heteroatoms. The van der Waals surface area contributed by atoms with E-state index in [4.69, 9.17) is 5.73 Å². The zero-order valence-electron chi connectivity index (χ0n) is 9.67. The van der Waals surface area contributed by atoms with E-state index in [9.17, 15) is 4.39 Å². The molecule has 16 heavy (non-hydrogen) atoms. The topological polar surface area (TPSA) is 38.0 Å². The van der Waals surface area contributed by atoms with Gasteiger partial charge in [0.15, 0.2) is 0 Å². The van der Waals surface area contributed by atoms with Gasteiger partial charge in [-0.2, -0.15) is 0 Å². The van der Waals surface area contributed by atoms with Crippen LogP contribution in [0.2, 0.25) is 0 Å². The van der Waals surface area contributed by atoms with Crippen molar-refractivity contribution in [1.29, 1.82) is 0 Å². The number of nitrogens with one attached hydrogen (secondary N) is 1. The molecule has 1 aromatic carbocycles. The van der Waals surface area contributed by atoms with Crippen LogP contribution in [0, 0.1) is 5.92 Å². The van der Waals surface area contributed by atoms with E-state index in [0.29, 0.717) is 6.54 Å². The molecule has 2 nitrogen and oxygen atoms in total. The minimum atomic E-state index is -1.26. The monoisotopic (exact) mass is 222 g/mol. The highest BCUT2D eigenvalue weighted by molar-refractivity contribution is 5.28. The first kappa shape index (κ1) is 11.6. The Morgan fingerprint density at radius 3 is 3.00 bits per heavy atom. The van der Waals surface area contributed by atoms with E-state index in [1.807, 2.05) is 24.3 Å². The van der Waals surface area contributed by atoms with Crippen molar-refractivity contribution >= 4 is 0 Å². The zero-order valence-corrected chi connectivity index (χ0v) is 9.67. The molecule has 3 N–H and O–H groups in total. The van der Waals surface area contributed by atoms with Crippen LogP contribution in [0.25, 0.3) is 0 Å². The lowest BCUT2D eigenvalue weighted by atomic mass is 9.83. The Morgan fingerprint density at radius 1 is 1.56 bits per heavy atom. The van der Waals surface area contributed by atoms with E-state index in [1.165, 1.54) is 0 Å². The minimum Gasteiger partial charge on any atom is -0.326 e. The van der Waals surface area contributed by atoms with Gasteiger partial charge in [-0.3, -0.25) is 0 Å². The Bertz CT molecular complexity index is 357. The van der Waals surface area contributed by atoms with Gasteiger partial charge in [-0.1, -0.05) is 24.3 Å². The molecule has 0 amide bonds. The Balaban J connectivity index is 2.26. The predicted molar refractivity (Wildman–Crippen MR) is 63.8 cm³/mol. The Kier molecular flexibility index (Phi) is 3.26. The van der Waals surface area contributed by atoms with Gasteiger partial charge >= 0.3 is 0 Å². The van der Waals surface area contributed by atoms with Gasteiger partial charge in [-0.15, -0.1) is 0 Å². The summed E-state index contributed by atoms with van der Waals surface area (Å²) in [7, 11) is 0. The third kappa shape index (κ3) is 2.11. The molecule has 2 rings (SSSR count). The molecule has 0 bridgehead atoms. The van der Waals surface area contributed by atoms with Crippen molar-refractivity contribution < 1.29 is 4.39 Å². The number of hydrogen-bond acceptors (Lipinski definition) is 2. The number of hydrogen-bond donors (Lipinski definition) is 2. The molecule has 0 aliphatic carbocycles. The third-order valence-corrected chi connectivity index (χ3v) is 3.55. The van der Waals surface area contributed by atoms with Crippen LogP contribution in [0.3, 0.4) is 0 Å². The highest BCUT2D eigenvalue weighted by Gasteiger charge is 2.37. The number of halogens is 1. The zero-order chi connectivity index (χ0) is 11.6. The summed E-state index contributed by atoms with van der Waals surface area (Å²) < 4.78 is 14.8. The fourth-order valence-corrected chi connectivity index (χ4v) is 2.36. The molecule has 2 unspecified atom stereocenters. The van der Waals surface area contributed by atoms with Crippen molar-refractivity contribution in [3.8, 4) is 0 Å². The average Bonchev–Trinajstić information content (AvgIpc) is 2.83. The van der Waals surface area contributed by atoms with Gasteiger partial charge in [0.25, 0.3) is 0 Å². The lowest BCUT2D eigenvalue weighted by Crippen LogP contribution is -2.29. The van der Waals surface area contributed by atoms with Gasteiger partial charge in [0.1, 0.15) is 5.67 Å². The Labute approximate surface area is 96.0 Å². The summed E-state index contributed by atoms with van der Waals surface area (Å²) in [4.78, 5) is 0. The summed E-state index contributed by atoms with van der Waals surface area (Å²) in [5, 5.41) is 3.21. The SMILES string of the molecule is CC(F)(c1cccc(CN)c1)C1CCNC1. The third-order valence-electron chi connectivity index (χ3n) is 3.55. The van der Waals surface area contributed by atoms with Gasteiger partial charge in [0.05, 0.1) is 0 Å². The molecule has 1 aromatic rings. The molecular formula is C13H19FN2. The Hall–Kier alpha value is -0.930. The summed E-state index contributed by atoms with van der Waals surface area (Å²) in [6.07, 6.45) is 0.903. The maximum absolute atomic E-state index is 14.8. The van der Waals surface area contributed by atoms with Crippen LogP contribution in [0.4, 0.5) is 4.39 Å². The van der Waals surface area contributed by atoms with Crippen molar-refractivity contribution in [2.45, 2.75) is 25.6 Å². The largest absolute Gasteiger partial charge is 0.326 e. The second kappa shape index (κ2) is 4.52. The quantitative estimate of drug-likeness (QED) is 0.820. The van der Waals surface area contributed by atoms with E-state index in [2.05, 4.69) is 5.32 Å². The molecule has 88 valence electrons. The van der Waals surface area contributed by atoms with Gasteiger partial charge in [-0.25, -0.2) is 4.39 Å². The van der Waals surface area contributed by atoms with Crippen LogP contribution in [0.5, 0.6) is 0 Å². The molecule has 2 atom stereocenters. The molecule has 1 heterocycles. The molecule has 1 aliphatic heterocycles. The number of nitrogens with two attached hydrogens (primary N) is 1. The van der Waals surface area contributed by atoms with Crippen LogP contribution < -0.4 is 11.1 Å². The first-order chi connectivity index (χ1) is 7.64. The van der Waals surface area contributed by atoms with E-state index in [-0.39, 0.29) is 5.92 Å². The standard InChI is InChI=1S/C13H19FN2/c1-13(14,12-5-6-16-9-12)11-4-2-3-10(7-11)8-15/h2-4,7,12,16H,5-6,8-9,15H2,1H3. The van der Waals surface area contributed by atoms with Crippen molar-refractivity contribution in [3.63, 3.8) is 0 Å². The molecule has 0 spiro atoms. The first-order valence-electron chi connectivity index (χ1n) is 5.83. The lowest BCUT2D eigenvalue weighted by Gasteiger charge is -2.27. The second-order valence-electron chi connectivity index (χ2n) is 4.67. The molecular weight excluding hydrogens is 203 g/mol. The molecule has 1 saturated heterocycles. The molecule has 0 saturated carbocycles. The van der Waals surface area contributed by atoms with E-state index >= 15 is 0 Å². The van der Waals surface area contributed by atoms with Crippen LogP contribution in [0.15, 0.2) is 24.3 Å². The second-order valence-corrected chi connectivity index (χ2v) is 4.67. The van der Waals surface area contributed by atoms with Gasteiger partial charge in [0, 0.05) is 19.0 Å². The summed E-state index contributed by atoms with van der Waals surface area (Å²) >= 11 is 0. The lowest BCUT2D eigenvalue weighted by molar-refractivity contribution is 0.112. The highest BCUT2D eigenvalue weighted by atomic mass is 19.1. The van der Waals surface area contributed by atoms with Crippen molar-refractivity contribution in [2.24, 2.45) is 11.7 Å². The average molecular weight is 222 g/mol. The maximum Gasteiger partial charge on any atom is 0.137 e. The van der Waals surface area contributed by atoms with Gasteiger partial charge in [-0.05, 0) is 31.0 Å². The van der Waals surface area contributed by atoms with E-state index in [0.717, 1.165) is 30.6 Å². The minimum absolute atomic E-state index is 0.0699. The van der Waals surface area contributed by atoms with Crippen molar-refractivity contribution in [3.05, 3.63) is 35.4 Å². The molecule has 1 aliphatic rings. The number of alkyl halides is 1. The fraction of sp³-hybridized carbons (Fsp3) is 0.538. The van der Waals surface area contributed by atoms with Gasteiger partial charge < -0.3 is 11.1 Å². The van der Waals surface area contributed by atoms with Crippen molar-refractivity contribution in [2.75, 3.05) is 13.1 Å². The summed E-state index contributed by atoms with van der Waals surface area (Å²) in [5.74, 6) is 0.0699. The summed E-state index contributed by atoms with van der Waals surface area (Å²) in [5.41, 5.74) is 6.07. The van der Waals surface area contributed by atoms with Crippen molar-refractivity contribution in [1.82, 2.24) is 5.32 Å².